The van der Waals surface area contributed by atoms with Crippen molar-refractivity contribution in [3.63, 3.8) is 0 Å². The number of aromatic nitrogens is 4. The highest BCUT2D eigenvalue weighted by molar-refractivity contribution is 6.28. The highest BCUT2D eigenvalue weighted by Crippen LogP contribution is 2.22. The van der Waals surface area contributed by atoms with Crippen LogP contribution >= 0.6 is 11.6 Å². The van der Waals surface area contributed by atoms with Crippen LogP contribution < -0.4 is 5.73 Å². The molecule has 90 valence electrons. The molecule has 0 atom stereocenters. The minimum atomic E-state index is 0.120. The first-order valence-corrected chi connectivity index (χ1v) is 5.77. The Morgan fingerprint density at radius 3 is 2.89 bits per heavy atom. The molecule has 6 heteroatoms. The van der Waals surface area contributed by atoms with Crippen molar-refractivity contribution < 1.29 is 0 Å². The molecule has 2 N–H and O–H groups in total. The zero-order chi connectivity index (χ0) is 12.7. The predicted octanol–water partition coefficient (Wildman–Crippen LogP) is 2.36. The van der Waals surface area contributed by atoms with Gasteiger partial charge in [-0.1, -0.05) is 12.1 Å². The number of nitrogens with zero attached hydrogens (tertiary/aromatic N) is 4. The number of hydrogen-bond donors (Lipinski definition) is 1. The van der Waals surface area contributed by atoms with Crippen molar-refractivity contribution in [1.82, 2.24) is 19.7 Å². The van der Waals surface area contributed by atoms with E-state index in [2.05, 4.69) is 15.1 Å². The Kier molecular flexibility index (Phi) is 2.41. The van der Waals surface area contributed by atoms with Gasteiger partial charge in [0.05, 0.1) is 17.3 Å². The average Bonchev–Trinajstić information content (AvgIpc) is 2.72. The molecule has 18 heavy (non-hydrogen) atoms. The summed E-state index contributed by atoms with van der Waals surface area (Å²) in [6.07, 6.45) is 1.64. The third kappa shape index (κ3) is 1.69. The van der Waals surface area contributed by atoms with Crippen molar-refractivity contribution in [2.24, 2.45) is 0 Å². The zero-order valence-corrected chi connectivity index (χ0v) is 10.4. The number of anilines is 1. The van der Waals surface area contributed by atoms with Crippen LogP contribution in [0.25, 0.3) is 16.7 Å². The number of aryl methyl sites for hydroxylation is 1. The second-order valence-electron chi connectivity index (χ2n) is 4.01. The Balaban J connectivity index is 2.30. The van der Waals surface area contributed by atoms with E-state index >= 15 is 0 Å². The Labute approximate surface area is 108 Å². The van der Waals surface area contributed by atoms with Crippen LogP contribution in [0.1, 0.15) is 5.56 Å². The van der Waals surface area contributed by atoms with E-state index in [1.807, 2.05) is 31.2 Å². The zero-order valence-electron chi connectivity index (χ0n) is 9.63. The first kappa shape index (κ1) is 11.0. The van der Waals surface area contributed by atoms with Gasteiger partial charge in [-0.25, -0.2) is 9.67 Å². The standard InChI is InChI=1S/C12H10ClN5/c1-7-3-2-4-8(5-7)18-11-9(6-15-18)10(14)16-12(13)17-11/h2-6H,1H3,(H2,14,16,17). The van der Waals surface area contributed by atoms with Gasteiger partial charge in [0.2, 0.25) is 5.28 Å². The summed E-state index contributed by atoms with van der Waals surface area (Å²) >= 11 is 5.83. The largest absolute Gasteiger partial charge is 0.383 e. The van der Waals surface area contributed by atoms with E-state index in [0.29, 0.717) is 16.9 Å². The molecule has 0 bridgehead atoms. The molecule has 0 fully saturated rings. The van der Waals surface area contributed by atoms with Crippen molar-refractivity contribution in [2.75, 3.05) is 5.73 Å². The van der Waals surface area contributed by atoms with Crippen molar-refractivity contribution in [1.29, 1.82) is 0 Å². The van der Waals surface area contributed by atoms with Crippen LogP contribution in [0.3, 0.4) is 0 Å². The normalized spacial score (nSPS) is 11.0. The van der Waals surface area contributed by atoms with Crippen LogP contribution in [0.4, 0.5) is 5.82 Å². The number of hydrogen-bond acceptors (Lipinski definition) is 4. The SMILES string of the molecule is Cc1cccc(-n2ncc3c(N)nc(Cl)nc32)c1. The molecule has 0 saturated heterocycles. The van der Waals surface area contributed by atoms with E-state index < -0.39 is 0 Å². The van der Waals surface area contributed by atoms with Gasteiger partial charge in [-0.3, -0.25) is 0 Å². The molecular weight excluding hydrogens is 250 g/mol. The highest BCUT2D eigenvalue weighted by atomic mass is 35.5. The van der Waals surface area contributed by atoms with Crippen molar-refractivity contribution in [3.05, 3.63) is 41.3 Å². The van der Waals surface area contributed by atoms with Crippen molar-refractivity contribution in [3.8, 4) is 5.69 Å². The highest BCUT2D eigenvalue weighted by Gasteiger charge is 2.11. The smallest absolute Gasteiger partial charge is 0.226 e. The van der Waals surface area contributed by atoms with Crippen LogP contribution in [-0.4, -0.2) is 19.7 Å². The van der Waals surface area contributed by atoms with Crippen LogP contribution in [0, 0.1) is 6.92 Å². The van der Waals surface area contributed by atoms with E-state index in [4.69, 9.17) is 17.3 Å². The maximum atomic E-state index is 5.83. The fraction of sp³-hybridized carbons (Fsp3) is 0.0833. The summed E-state index contributed by atoms with van der Waals surface area (Å²) in [6, 6.07) is 7.94. The van der Waals surface area contributed by atoms with Gasteiger partial charge in [-0.15, -0.1) is 0 Å². The average molecular weight is 260 g/mol. The second kappa shape index (κ2) is 3.96. The molecule has 3 aromatic rings. The molecule has 0 spiro atoms. The lowest BCUT2D eigenvalue weighted by atomic mass is 10.2. The summed E-state index contributed by atoms with van der Waals surface area (Å²) in [5, 5.41) is 5.10. The Hall–Kier alpha value is -2.14. The molecule has 0 radical (unpaired) electrons. The lowest BCUT2D eigenvalue weighted by Crippen LogP contribution is -2.00. The fourth-order valence-electron chi connectivity index (χ4n) is 1.85. The molecule has 2 aromatic heterocycles. The molecule has 2 heterocycles. The van der Waals surface area contributed by atoms with Crippen LogP contribution in [-0.2, 0) is 0 Å². The summed E-state index contributed by atoms with van der Waals surface area (Å²) in [7, 11) is 0. The second-order valence-corrected chi connectivity index (χ2v) is 4.35. The molecule has 0 amide bonds. The van der Waals surface area contributed by atoms with Gasteiger partial charge in [0.25, 0.3) is 0 Å². The van der Waals surface area contributed by atoms with Gasteiger partial charge in [0.15, 0.2) is 5.65 Å². The minimum Gasteiger partial charge on any atom is -0.383 e. The minimum absolute atomic E-state index is 0.120. The molecule has 5 nitrogen and oxygen atoms in total. The summed E-state index contributed by atoms with van der Waals surface area (Å²) in [4.78, 5) is 8.08. The number of fused-ring (bicyclic) bond motifs is 1. The Morgan fingerprint density at radius 1 is 1.28 bits per heavy atom. The molecule has 0 aliphatic rings. The molecule has 3 rings (SSSR count). The van der Waals surface area contributed by atoms with Crippen LogP contribution in [0.15, 0.2) is 30.5 Å². The molecule has 0 unspecified atom stereocenters. The van der Waals surface area contributed by atoms with Gasteiger partial charge in [-0.05, 0) is 36.2 Å². The van der Waals surface area contributed by atoms with Gasteiger partial charge in [0.1, 0.15) is 5.82 Å². The third-order valence-corrected chi connectivity index (χ3v) is 2.85. The number of nitrogen functional groups attached to an aromatic ring is 1. The van der Waals surface area contributed by atoms with E-state index in [1.165, 1.54) is 0 Å². The van der Waals surface area contributed by atoms with E-state index in [-0.39, 0.29) is 5.28 Å². The number of halogens is 1. The topological polar surface area (TPSA) is 69.6 Å². The van der Waals surface area contributed by atoms with E-state index in [9.17, 15) is 0 Å². The predicted molar refractivity (Wildman–Crippen MR) is 70.8 cm³/mol. The number of rotatable bonds is 1. The molecule has 1 aromatic carbocycles. The van der Waals surface area contributed by atoms with Gasteiger partial charge >= 0.3 is 0 Å². The first-order chi connectivity index (χ1) is 8.65. The lowest BCUT2D eigenvalue weighted by molar-refractivity contribution is 0.894. The Morgan fingerprint density at radius 2 is 2.11 bits per heavy atom. The maximum absolute atomic E-state index is 5.83. The monoisotopic (exact) mass is 259 g/mol. The van der Waals surface area contributed by atoms with Gasteiger partial charge in [-0.2, -0.15) is 10.1 Å². The summed E-state index contributed by atoms with van der Waals surface area (Å²) in [6.45, 7) is 2.02. The van der Waals surface area contributed by atoms with Gasteiger partial charge < -0.3 is 5.73 Å². The lowest BCUT2D eigenvalue weighted by Gasteiger charge is -2.04. The maximum Gasteiger partial charge on any atom is 0.226 e. The molecule has 0 aliphatic heterocycles. The number of benzene rings is 1. The fourth-order valence-corrected chi connectivity index (χ4v) is 2.02. The third-order valence-electron chi connectivity index (χ3n) is 2.68. The van der Waals surface area contributed by atoms with Crippen molar-refractivity contribution in [2.45, 2.75) is 6.92 Å². The first-order valence-electron chi connectivity index (χ1n) is 5.39. The summed E-state index contributed by atoms with van der Waals surface area (Å²) < 4.78 is 1.70. The van der Waals surface area contributed by atoms with Gasteiger partial charge in [0, 0.05) is 0 Å². The molecule has 0 saturated carbocycles. The van der Waals surface area contributed by atoms with Crippen molar-refractivity contribution >= 4 is 28.5 Å². The van der Waals surface area contributed by atoms with Crippen LogP contribution in [0.5, 0.6) is 0 Å². The number of nitrogens with two attached hydrogens (primary N) is 1. The molecular formula is C12H10ClN5. The van der Waals surface area contributed by atoms with E-state index in [0.717, 1.165) is 11.3 Å². The summed E-state index contributed by atoms with van der Waals surface area (Å²) in [5.41, 5.74) is 8.46. The van der Waals surface area contributed by atoms with Crippen LogP contribution in [0.2, 0.25) is 5.28 Å². The van der Waals surface area contributed by atoms with E-state index in [1.54, 1.807) is 10.9 Å². The Bertz CT molecular complexity index is 734. The molecule has 0 aliphatic carbocycles. The quantitative estimate of drug-likeness (QED) is 0.681. The summed E-state index contributed by atoms with van der Waals surface area (Å²) in [5.74, 6) is 0.337.